The maximum atomic E-state index is 12.1. The number of carbonyl (C=O) groups excluding carboxylic acids is 1. The van der Waals surface area contributed by atoms with Gasteiger partial charge in [-0.25, -0.2) is 4.98 Å². The first-order valence-electron chi connectivity index (χ1n) is 6.00. The number of fused-ring (bicyclic) bond motifs is 1. The summed E-state index contributed by atoms with van der Waals surface area (Å²) in [5, 5.41) is 11.3. The van der Waals surface area contributed by atoms with E-state index in [1.54, 1.807) is 11.0 Å². The molecule has 19 heavy (non-hydrogen) atoms. The minimum atomic E-state index is -0.182. The van der Waals surface area contributed by atoms with Gasteiger partial charge in [-0.05, 0) is 11.4 Å². The van der Waals surface area contributed by atoms with Gasteiger partial charge >= 0.3 is 0 Å². The third-order valence-electron chi connectivity index (χ3n) is 3.32. The first kappa shape index (κ1) is 12.3. The molecule has 0 bridgehead atoms. The summed E-state index contributed by atoms with van der Waals surface area (Å²) in [5.41, 5.74) is -0.182. The van der Waals surface area contributed by atoms with Crippen molar-refractivity contribution in [3.05, 3.63) is 28.1 Å². The van der Waals surface area contributed by atoms with Crippen LogP contribution in [-0.4, -0.2) is 45.2 Å². The quantitative estimate of drug-likeness (QED) is 0.852. The molecule has 3 rings (SSSR count). The average Bonchev–Trinajstić information content (AvgIpc) is 2.80. The van der Waals surface area contributed by atoms with Gasteiger partial charge in [0.2, 0.25) is 5.91 Å². The zero-order valence-corrected chi connectivity index (χ0v) is 11.0. The molecule has 3 heterocycles. The zero-order chi connectivity index (χ0) is 13.4. The van der Waals surface area contributed by atoms with Gasteiger partial charge in [0.1, 0.15) is 11.4 Å². The van der Waals surface area contributed by atoms with Crippen LogP contribution in [0.25, 0.3) is 10.2 Å². The number of aromatic nitrogens is 2. The van der Waals surface area contributed by atoms with Crippen molar-refractivity contribution in [3.63, 3.8) is 0 Å². The molecule has 0 unspecified atom stereocenters. The summed E-state index contributed by atoms with van der Waals surface area (Å²) in [5.74, 6) is 0.0707. The van der Waals surface area contributed by atoms with Crippen LogP contribution in [-0.2, 0) is 11.3 Å². The number of thiophene rings is 1. The molecule has 7 heteroatoms. The highest BCUT2D eigenvalue weighted by Gasteiger charge is 2.29. The van der Waals surface area contributed by atoms with Gasteiger partial charge in [0.05, 0.1) is 11.7 Å². The molecule has 1 aliphatic rings. The van der Waals surface area contributed by atoms with E-state index >= 15 is 0 Å². The zero-order valence-electron chi connectivity index (χ0n) is 10.2. The number of hydrogen-bond donors (Lipinski definition) is 1. The molecule has 0 spiro atoms. The standard InChI is InChI=1S/C12H13N3O3S/c16-6-8-3-14(4-8)10(17)5-15-7-13-11-9(12(15)18)1-2-19-11/h1-2,7-8,16H,3-6H2. The van der Waals surface area contributed by atoms with Gasteiger partial charge in [-0.3, -0.25) is 14.2 Å². The van der Waals surface area contributed by atoms with E-state index in [2.05, 4.69) is 4.98 Å². The highest BCUT2D eigenvalue weighted by molar-refractivity contribution is 7.16. The Morgan fingerprint density at radius 3 is 3.05 bits per heavy atom. The topological polar surface area (TPSA) is 75.4 Å². The summed E-state index contributed by atoms with van der Waals surface area (Å²) in [6, 6.07) is 1.72. The van der Waals surface area contributed by atoms with Crippen LogP contribution >= 0.6 is 11.3 Å². The Morgan fingerprint density at radius 1 is 1.53 bits per heavy atom. The van der Waals surface area contributed by atoms with E-state index in [1.807, 2.05) is 5.38 Å². The molecule has 1 amide bonds. The molecule has 6 nitrogen and oxygen atoms in total. The maximum Gasteiger partial charge on any atom is 0.262 e. The molecule has 2 aromatic heterocycles. The number of aliphatic hydroxyl groups excluding tert-OH is 1. The monoisotopic (exact) mass is 279 g/mol. The van der Waals surface area contributed by atoms with Crippen molar-refractivity contribution >= 4 is 27.5 Å². The van der Waals surface area contributed by atoms with Crippen molar-refractivity contribution in [3.8, 4) is 0 Å². The fourth-order valence-corrected chi connectivity index (χ4v) is 2.86. The Hall–Kier alpha value is -1.73. The van der Waals surface area contributed by atoms with Gasteiger partial charge in [0, 0.05) is 25.6 Å². The van der Waals surface area contributed by atoms with Crippen LogP contribution in [0.3, 0.4) is 0 Å². The smallest absolute Gasteiger partial charge is 0.262 e. The van der Waals surface area contributed by atoms with Gasteiger partial charge in [-0.2, -0.15) is 0 Å². The minimum absolute atomic E-state index is 0.00969. The van der Waals surface area contributed by atoms with Crippen LogP contribution in [0.2, 0.25) is 0 Å². The highest BCUT2D eigenvalue weighted by atomic mass is 32.1. The maximum absolute atomic E-state index is 12.1. The summed E-state index contributed by atoms with van der Waals surface area (Å²) in [6.45, 7) is 1.25. The third-order valence-corrected chi connectivity index (χ3v) is 4.14. The molecule has 0 radical (unpaired) electrons. The Balaban J connectivity index is 1.76. The Morgan fingerprint density at radius 2 is 2.32 bits per heavy atom. The van der Waals surface area contributed by atoms with Crippen molar-refractivity contribution in [2.75, 3.05) is 19.7 Å². The molecule has 100 valence electrons. The molecular formula is C12H13N3O3S. The molecule has 2 aromatic rings. The Bertz CT molecular complexity index is 672. The van der Waals surface area contributed by atoms with E-state index in [9.17, 15) is 9.59 Å². The predicted molar refractivity (Wildman–Crippen MR) is 71.0 cm³/mol. The molecule has 1 fully saturated rings. The number of likely N-dealkylation sites (tertiary alicyclic amines) is 1. The number of aliphatic hydroxyl groups is 1. The molecule has 1 N–H and O–H groups in total. The Kier molecular flexibility index (Phi) is 3.08. The number of nitrogens with zero attached hydrogens (tertiary/aromatic N) is 3. The second kappa shape index (κ2) is 4.75. The van der Waals surface area contributed by atoms with Crippen LogP contribution in [0, 0.1) is 5.92 Å². The van der Waals surface area contributed by atoms with Crippen LogP contribution in [0.1, 0.15) is 0 Å². The van der Waals surface area contributed by atoms with Crippen molar-refractivity contribution < 1.29 is 9.90 Å². The van der Waals surface area contributed by atoms with E-state index in [-0.39, 0.29) is 30.5 Å². The van der Waals surface area contributed by atoms with Gasteiger partial charge in [0.25, 0.3) is 5.56 Å². The van der Waals surface area contributed by atoms with E-state index in [1.165, 1.54) is 22.2 Å². The van der Waals surface area contributed by atoms with E-state index in [0.717, 1.165) is 0 Å². The SMILES string of the molecule is O=C(Cn1cnc2sccc2c1=O)N1CC(CO)C1. The first-order chi connectivity index (χ1) is 9.19. The fraction of sp³-hybridized carbons (Fsp3) is 0.417. The molecule has 1 aliphatic heterocycles. The second-order valence-corrected chi connectivity index (χ2v) is 5.56. The summed E-state index contributed by atoms with van der Waals surface area (Å²) in [7, 11) is 0. The molecule has 0 aromatic carbocycles. The lowest BCUT2D eigenvalue weighted by atomic mass is 10.0. The van der Waals surface area contributed by atoms with Gasteiger partial charge in [-0.15, -0.1) is 11.3 Å². The van der Waals surface area contributed by atoms with Gasteiger partial charge < -0.3 is 10.0 Å². The average molecular weight is 279 g/mol. The molecule has 0 aliphatic carbocycles. The lowest BCUT2D eigenvalue weighted by Crippen LogP contribution is -2.52. The number of hydrogen-bond acceptors (Lipinski definition) is 5. The highest BCUT2D eigenvalue weighted by Crippen LogP contribution is 2.16. The number of rotatable bonds is 3. The van der Waals surface area contributed by atoms with Gasteiger partial charge in [-0.1, -0.05) is 0 Å². The third kappa shape index (κ3) is 2.15. The van der Waals surface area contributed by atoms with E-state index in [4.69, 9.17) is 5.11 Å². The van der Waals surface area contributed by atoms with Crippen molar-refractivity contribution in [1.82, 2.24) is 14.5 Å². The normalized spacial score (nSPS) is 15.7. The largest absolute Gasteiger partial charge is 0.396 e. The van der Waals surface area contributed by atoms with E-state index < -0.39 is 0 Å². The number of carbonyl (C=O) groups is 1. The fourth-order valence-electron chi connectivity index (χ4n) is 2.14. The van der Waals surface area contributed by atoms with Crippen LogP contribution < -0.4 is 5.56 Å². The van der Waals surface area contributed by atoms with E-state index in [0.29, 0.717) is 23.3 Å². The van der Waals surface area contributed by atoms with Crippen LogP contribution in [0.4, 0.5) is 0 Å². The number of amides is 1. The summed E-state index contributed by atoms with van der Waals surface area (Å²) in [6.07, 6.45) is 1.42. The van der Waals surface area contributed by atoms with Crippen molar-refractivity contribution in [1.29, 1.82) is 0 Å². The molecule has 1 saturated heterocycles. The van der Waals surface area contributed by atoms with Crippen molar-refractivity contribution in [2.45, 2.75) is 6.54 Å². The van der Waals surface area contributed by atoms with Crippen molar-refractivity contribution in [2.24, 2.45) is 5.92 Å². The van der Waals surface area contributed by atoms with Crippen LogP contribution in [0.5, 0.6) is 0 Å². The molecule has 0 saturated carbocycles. The summed E-state index contributed by atoms with van der Waals surface area (Å²) >= 11 is 1.41. The lowest BCUT2D eigenvalue weighted by Gasteiger charge is -2.38. The van der Waals surface area contributed by atoms with Gasteiger partial charge in [0.15, 0.2) is 0 Å². The minimum Gasteiger partial charge on any atom is -0.396 e. The summed E-state index contributed by atoms with van der Waals surface area (Å²) < 4.78 is 1.34. The predicted octanol–water partition coefficient (Wildman–Crippen LogP) is -0.0913. The Labute approximate surface area is 112 Å². The molecular weight excluding hydrogens is 266 g/mol. The second-order valence-electron chi connectivity index (χ2n) is 4.66. The van der Waals surface area contributed by atoms with Crippen LogP contribution in [0.15, 0.2) is 22.6 Å². The first-order valence-corrected chi connectivity index (χ1v) is 6.88. The summed E-state index contributed by atoms with van der Waals surface area (Å²) in [4.78, 5) is 30.5. The lowest BCUT2D eigenvalue weighted by molar-refractivity contribution is -0.139. The molecule has 0 atom stereocenters.